The minimum atomic E-state index is -3.13. The summed E-state index contributed by atoms with van der Waals surface area (Å²) in [6.45, 7) is 4.56. The summed E-state index contributed by atoms with van der Waals surface area (Å²) in [5.74, 6) is -0.201. The normalized spacial score (nSPS) is 18.6. The molecule has 2 aromatic carbocycles. The van der Waals surface area contributed by atoms with Crippen LogP contribution in [0.2, 0.25) is 0 Å². The highest BCUT2D eigenvalue weighted by Crippen LogP contribution is 2.23. The van der Waals surface area contributed by atoms with Gasteiger partial charge in [-0.05, 0) is 47.7 Å². The molecule has 2 aromatic rings. The fourth-order valence-corrected chi connectivity index (χ4v) is 5.08. The maximum atomic E-state index is 13.2. The van der Waals surface area contributed by atoms with Crippen molar-refractivity contribution in [2.45, 2.75) is 38.8 Å². The molecular weight excluding hydrogens is 365 g/mol. The van der Waals surface area contributed by atoms with Crippen molar-refractivity contribution in [2.75, 3.05) is 11.5 Å². The van der Waals surface area contributed by atoms with E-state index in [1.165, 1.54) is 29.8 Å². The van der Waals surface area contributed by atoms with Gasteiger partial charge in [0.15, 0.2) is 9.84 Å². The van der Waals surface area contributed by atoms with Gasteiger partial charge in [-0.3, -0.25) is 4.79 Å². The van der Waals surface area contributed by atoms with E-state index >= 15 is 0 Å². The van der Waals surface area contributed by atoms with E-state index in [0.29, 0.717) is 24.4 Å². The fourth-order valence-electron chi connectivity index (χ4n) is 3.35. The average Bonchev–Trinajstić information content (AvgIpc) is 2.99. The van der Waals surface area contributed by atoms with Crippen LogP contribution in [0.15, 0.2) is 48.5 Å². The molecule has 0 unspecified atom stereocenters. The average molecular weight is 389 g/mol. The van der Waals surface area contributed by atoms with Crippen molar-refractivity contribution in [2.24, 2.45) is 0 Å². The number of hydrogen-bond donors (Lipinski definition) is 0. The van der Waals surface area contributed by atoms with Crippen LogP contribution in [0.3, 0.4) is 0 Å². The van der Waals surface area contributed by atoms with E-state index in [4.69, 9.17) is 0 Å². The summed E-state index contributed by atoms with van der Waals surface area (Å²) in [6.07, 6.45) is 0.430. The third kappa shape index (κ3) is 4.75. The van der Waals surface area contributed by atoms with Crippen LogP contribution in [0.5, 0.6) is 0 Å². The molecular formula is C21H24FNO3S. The molecule has 0 radical (unpaired) electrons. The molecule has 1 fully saturated rings. The molecule has 0 aliphatic carbocycles. The molecule has 1 saturated heterocycles. The SMILES string of the molecule is CC(C)c1ccc(CN(C(=O)c2ccc(F)cc2)[C@H]2CCS(=O)(=O)C2)cc1. The van der Waals surface area contributed by atoms with E-state index in [2.05, 4.69) is 13.8 Å². The van der Waals surface area contributed by atoms with Gasteiger partial charge in [0.05, 0.1) is 11.5 Å². The Bertz CT molecular complexity index is 905. The summed E-state index contributed by atoms with van der Waals surface area (Å²) in [5, 5.41) is 0. The van der Waals surface area contributed by atoms with Crippen LogP contribution in [0, 0.1) is 5.82 Å². The first-order chi connectivity index (χ1) is 12.7. The Balaban J connectivity index is 1.87. The molecule has 6 heteroatoms. The lowest BCUT2D eigenvalue weighted by molar-refractivity contribution is 0.0681. The molecule has 0 N–H and O–H groups in total. The summed E-state index contributed by atoms with van der Waals surface area (Å²) in [5.41, 5.74) is 2.51. The van der Waals surface area contributed by atoms with Crippen LogP contribution in [-0.2, 0) is 16.4 Å². The zero-order chi connectivity index (χ0) is 19.6. The monoisotopic (exact) mass is 389 g/mol. The summed E-state index contributed by atoms with van der Waals surface area (Å²) in [6, 6.07) is 13.0. The first kappa shape index (κ1) is 19.5. The second kappa shape index (κ2) is 7.80. The highest BCUT2D eigenvalue weighted by molar-refractivity contribution is 7.91. The molecule has 0 spiro atoms. The standard InChI is InChI=1S/C21H24FNO3S/c1-15(2)17-5-3-16(4-6-17)13-23(20-11-12-27(25,26)14-20)21(24)18-7-9-19(22)10-8-18/h3-10,15,20H,11-14H2,1-2H3/t20-/m0/s1. The van der Waals surface area contributed by atoms with Crippen molar-refractivity contribution in [1.29, 1.82) is 0 Å². The summed E-state index contributed by atoms with van der Waals surface area (Å²) in [4.78, 5) is 14.7. The third-order valence-corrected chi connectivity index (χ3v) is 6.75. The number of benzene rings is 2. The predicted octanol–water partition coefficient (Wildman–Crippen LogP) is 3.78. The molecule has 0 bridgehead atoms. The van der Waals surface area contributed by atoms with Crippen LogP contribution in [0.1, 0.15) is 47.7 Å². The highest BCUT2D eigenvalue weighted by atomic mass is 32.2. The van der Waals surface area contributed by atoms with Crippen molar-refractivity contribution < 1.29 is 17.6 Å². The number of nitrogens with zero attached hydrogens (tertiary/aromatic N) is 1. The van der Waals surface area contributed by atoms with E-state index in [1.807, 2.05) is 24.3 Å². The van der Waals surface area contributed by atoms with Gasteiger partial charge in [-0.15, -0.1) is 0 Å². The number of hydrogen-bond acceptors (Lipinski definition) is 3. The largest absolute Gasteiger partial charge is 0.330 e. The number of halogens is 1. The van der Waals surface area contributed by atoms with E-state index in [1.54, 1.807) is 4.90 Å². The molecule has 3 rings (SSSR count). The summed E-state index contributed by atoms with van der Waals surface area (Å²) >= 11 is 0. The molecule has 0 saturated carbocycles. The Morgan fingerprint density at radius 3 is 2.26 bits per heavy atom. The molecule has 27 heavy (non-hydrogen) atoms. The Morgan fingerprint density at radius 2 is 1.74 bits per heavy atom. The van der Waals surface area contributed by atoms with Gasteiger partial charge in [-0.1, -0.05) is 38.1 Å². The fraction of sp³-hybridized carbons (Fsp3) is 0.381. The Morgan fingerprint density at radius 1 is 1.11 bits per heavy atom. The molecule has 4 nitrogen and oxygen atoms in total. The van der Waals surface area contributed by atoms with Crippen LogP contribution >= 0.6 is 0 Å². The number of amides is 1. The van der Waals surface area contributed by atoms with Crippen LogP contribution in [-0.4, -0.2) is 36.8 Å². The second-order valence-electron chi connectivity index (χ2n) is 7.39. The van der Waals surface area contributed by atoms with Crippen molar-refractivity contribution in [3.05, 3.63) is 71.0 Å². The van der Waals surface area contributed by atoms with Gasteiger partial charge in [0, 0.05) is 18.2 Å². The van der Waals surface area contributed by atoms with E-state index in [0.717, 1.165) is 5.56 Å². The van der Waals surface area contributed by atoms with Gasteiger partial charge >= 0.3 is 0 Å². The zero-order valence-electron chi connectivity index (χ0n) is 15.6. The van der Waals surface area contributed by atoms with Crippen molar-refractivity contribution in [1.82, 2.24) is 4.90 Å². The van der Waals surface area contributed by atoms with Gasteiger partial charge in [-0.25, -0.2) is 12.8 Å². The van der Waals surface area contributed by atoms with Crippen LogP contribution in [0.4, 0.5) is 4.39 Å². The zero-order valence-corrected chi connectivity index (χ0v) is 16.4. The van der Waals surface area contributed by atoms with Crippen LogP contribution in [0.25, 0.3) is 0 Å². The minimum absolute atomic E-state index is 0.0238. The number of sulfone groups is 1. The first-order valence-electron chi connectivity index (χ1n) is 9.11. The summed E-state index contributed by atoms with van der Waals surface area (Å²) in [7, 11) is -3.13. The van der Waals surface area contributed by atoms with Crippen molar-refractivity contribution >= 4 is 15.7 Å². The second-order valence-corrected chi connectivity index (χ2v) is 9.62. The van der Waals surface area contributed by atoms with Gasteiger partial charge in [0.1, 0.15) is 5.82 Å². The van der Waals surface area contributed by atoms with Crippen molar-refractivity contribution in [3.8, 4) is 0 Å². The number of carbonyl (C=O) groups is 1. The molecule has 1 atom stereocenters. The molecule has 144 valence electrons. The summed E-state index contributed by atoms with van der Waals surface area (Å²) < 4.78 is 37.1. The van der Waals surface area contributed by atoms with Crippen molar-refractivity contribution in [3.63, 3.8) is 0 Å². The first-order valence-corrected chi connectivity index (χ1v) is 10.9. The molecule has 1 aliphatic heterocycles. The quantitative estimate of drug-likeness (QED) is 0.782. The van der Waals surface area contributed by atoms with Gasteiger partial charge in [0.25, 0.3) is 5.91 Å². The Hall–Kier alpha value is -2.21. The number of rotatable bonds is 5. The Kier molecular flexibility index (Phi) is 5.65. The van der Waals surface area contributed by atoms with Gasteiger partial charge in [-0.2, -0.15) is 0 Å². The topological polar surface area (TPSA) is 54.5 Å². The highest BCUT2D eigenvalue weighted by Gasteiger charge is 2.35. The van der Waals surface area contributed by atoms with E-state index in [-0.39, 0.29) is 23.5 Å². The number of carbonyl (C=O) groups excluding carboxylic acids is 1. The molecule has 1 amide bonds. The maximum Gasteiger partial charge on any atom is 0.254 e. The van der Waals surface area contributed by atoms with E-state index in [9.17, 15) is 17.6 Å². The smallest absolute Gasteiger partial charge is 0.254 e. The third-order valence-electron chi connectivity index (χ3n) is 5.00. The van der Waals surface area contributed by atoms with Crippen LogP contribution < -0.4 is 0 Å². The predicted molar refractivity (Wildman–Crippen MR) is 104 cm³/mol. The molecule has 0 aromatic heterocycles. The van der Waals surface area contributed by atoms with E-state index < -0.39 is 15.7 Å². The van der Waals surface area contributed by atoms with Gasteiger partial charge < -0.3 is 4.90 Å². The lowest BCUT2D eigenvalue weighted by Gasteiger charge is -2.28. The molecule has 1 heterocycles. The lowest BCUT2D eigenvalue weighted by atomic mass is 10.0. The van der Waals surface area contributed by atoms with Gasteiger partial charge in [0.2, 0.25) is 0 Å². The Labute approximate surface area is 159 Å². The minimum Gasteiger partial charge on any atom is -0.330 e. The molecule has 1 aliphatic rings. The maximum absolute atomic E-state index is 13.2. The lowest BCUT2D eigenvalue weighted by Crippen LogP contribution is -2.40.